The molecule has 90 valence electrons. The van der Waals surface area contributed by atoms with Crippen LogP contribution >= 0.6 is 0 Å². The Morgan fingerprint density at radius 2 is 2.18 bits per heavy atom. The molecule has 0 spiro atoms. The molecule has 2 aromatic rings. The summed E-state index contributed by atoms with van der Waals surface area (Å²) in [6, 6.07) is 1.45. The van der Waals surface area contributed by atoms with Gasteiger partial charge in [-0.2, -0.15) is 4.68 Å². The Morgan fingerprint density at radius 1 is 1.41 bits per heavy atom. The first kappa shape index (κ1) is 11.7. The summed E-state index contributed by atoms with van der Waals surface area (Å²) in [5.41, 5.74) is 0.750. The molecule has 0 bridgehead atoms. The van der Waals surface area contributed by atoms with Crippen molar-refractivity contribution in [3.63, 3.8) is 0 Å². The molecule has 1 N–H and O–H groups in total. The summed E-state index contributed by atoms with van der Waals surface area (Å²) >= 11 is 0. The van der Waals surface area contributed by atoms with Crippen molar-refractivity contribution in [1.29, 1.82) is 0 Å². The Kier molecular flexibility index (Phi) is 3.14. The van der Waals surface area contributed by atoms with Crippen molar-refractivity contribution >= 4 is 0 Å². The van der Waals surface area contributed by atoms with Crippen molar-refractivity contribution < 1.29 is 4.39 Å². The highest BCUT2D eigenvalue weighted by Gasteiger charge is 2.11. The molecule has 17 heavy (non-hydrogen) atoms. The predicted octanol–water partition coefficient (Wildman–Crippen LogP) is 1.14. The lowest BCUT2D eigenvalue weighted by atomic mass is 10.2. The topological polar surface area (TPSA) is 55.6 Å². The van der Waals surface area contributed by atoms with Gasteiger partial charge in [0.1, 0.15) is 17.5 Å². The van der Waals surface area contributed by atoms with Gasteiger partial charge in [-0.3, -0.25) is 0 Å². The van der Waals surface area contributed by atoms with Crippen LogP contribution in [0.15, 0.2) is 12.3 Å². The zero-order valence-electron chi connectivity index (χ0n) is 10.0. The summed E-state index contributed by atoms with van der Waals surface area (Å²) in [5.74, 6) is 1.66. The number of nitrogens with one attached hydrogen (secondary N) is 1. The lowest BCUT2D eigenvalue weighted by molar-refractivity contribution is 0.612. The van der Waals surface area contributed by atoms with Crippen molar-refractivity contribution in [2.75, 3.05) is 7.05 Å². The smallest absolute Gasteiger partial charge is 0.160 e. The summed E-state index contributed by atoms with van der Waals surface area (Å²) < 4.78 is 14.8. The van der Waals surface area contributed by atoms with Crippen LogP contribution in [-0.2, 0) is 6.54 Å². The fraction of sp³-hybridized carbons (Fsp3) is 0.364. The third-order valence-corrected chi connectivity index (χ3v) is 2.35. The normalized spacial score (nSPS) is 10.8. The number of nitrogens with zero attached hydrogens (tertiary/aromatic N) is 4. The summed E-state index contributed by atoms with van der Waals surface area (Å²) in [6.07, 6.45) is 1.19. The highest BCUT2D eigenvalue weighted by atomic mass is 19.1. The number of aryl methyl sites for hydroxylation is 2. The minimum Gasteiger partial charge on any atom is -0.316 e. The first-order valence-corrected chi connectivity index (χ1v) is 5.31. The average Bonchev–Trinajstić information content (AvgIpc) is 2.59. The molecule has 0 aliphatic heterocycles. The van der Waals surface area contributed by atoms with E-state index in [0.29, 0.717) is 18.2 Å². The van der Waals surface area contributed by atoms with Gasteiger partial charge >= 0.3 is 0 Å². The molecule has 0 saturated carbocycles. The van der Waals surface area contributed by atoms with Gasteiger partial charge in [0, 0.05) is 12.1 Å². The number of hydrogen-bond acceptors (Lipinski definition) is 4. The van der Waals surface area contributed by atoms with E-state index in [2.05, 4.69) is 20.4 Å². The molecule has 0 aliphatic carbocycles. The van der Waals surface area contributed by atoms with E-state index in [1.807, 2.05) is 13.8 Å². The molecule has 0 amide bonds. The van der Waals surface area contributed by atoms with Crippen LogP contribution in [0, 0.1) is 19.7 Å². The van der Waals surface area contributed by atoms with Crippen molar-refractivity contribution in [3.05, 3.63) is 35.3 Å². The molecule has 2 rings (SSSR count). The van der Waals surface area contributed by atoms with Crippen LogP contribution in [0.25, 0.3) is 5.82 Å². The maximum Gasteiger partial charge on any atom is 0.160 e. The summed E-state index contributed by atoms with van der Waals surface area (Å²) in [4.78, 5) is 8.30. The molecule has 6 heteroatoms. The van der Waals surface area contributed by atoms with E-state index in [4.69, 9.17) is 0 Å². The second-order valence-electron chi connectivity index (χ2n) is 3.78. The fourth-order valence-electron chi connectivity index (χ4n) is 1.71. The second-order valence-corrected chi connectivity index (χ2v) is 3.78. The van der Waals surface area contributed by atoms with E-state index in [9.17, 15) is 4.39 Å². The van der Waals surface area contributed by atoms with Crippen LogP contribution in [0.3, 0.4) is 0 Å². The van der Waals surface area contributed by atoms with Gasteiger partial charge in [-0.25, -0.2) is 14.4 Å². The monoisotopic (exact) mass is 235 g/mol. The molecule has 2 heterocycles. The summed E-state index contributed by atoms with van der Waals surface area (Å²) in [5, 5.41) is 7.23. The first-order valence-electron chi connectivity index (χ1n) is 5.31. The lowest BCUT2D eigenvalue weighted by Gasteiger charge is -2.08. The minimum atomic E-state index is -0.353. The SMILES string of the molecule is CNCc1cc(F)cnc1-n1nc(C)nc1C. The minimum absolute atomic E-state index is 0.353. The van der Waals surface area contributed by atoms with Gasteiger partial charge in [0.05, 0.1) is 6.20 Å². The van der Waals surface area contributed by atoms with Gasteiger partial charge in [0.25, 0.3) is 0 Å². The van der Waals surface area contributed by atoms with Crippen molar-refractivity contribution in [1.82, 2.24) is 25.1 Å². The Morgan fingerprint density at radius 3 is 2.76 bits per heavy atom. The van der Waals surface area contributed by atoms with Crippen molar-refractivity contribution in [3.8, 4) is 5.82 Å². The molecule has 0 atom stereocenters. The third kappa shape index (κ3) is 2.31. The van der Waals surface area contributed by atoms with Gasteiger partial charge in [-0.1, -0.05) is 0 Å². The highest BCUT2D eigenvalue weighted by molar-refractivity contribution is 5.33. The zero-order chi connectivity index (χ0) is 12.4. The molecular formula is C11H14FN5. The van der Waals surface area contributed by atoms with E-state index in [1.54, 1.807) is 11.7 Å². The number of halogens is 1. The second kappa shape index (κ2) is 4.58. The zero-order valence-corrected chi connectivity index (χ0v) is 10.0. The fourth-order valence-corrected chi connectivity index (χ4v) is 1.71. The largest absolute Gasteiger partial charge is 0.316 e. The van der Waals surface area contributed by atoms with E-state index < -0.39 is 0 Å². The van der Waals surface area contributed by atoms with Crippen molar-refractivity contribution in [2.45, 2.75) is 20.4 Å². The van der Waals surface area contributed by atoms with Crippen LogP contribution in [0.1, 0.15) is 17.2 Å². The maximum atomic E-state index is 13.2. The van der Waals surface area contributed by atoms with E-state index >= 15 is 0 Å². The Labute approximate surface area is 98.7 Å². The molecule has 0 radical (unpaired) electrons. The average molecular weight is 235 g/mol. The van der Waals surface area contributed by atoms with E-state index in [0.717, 1.165) is 11.4 Å². The summed E-state index contributed by atoms with van der Waals surface area (Å²) in [6.45, 7) is 4.18. The first-order chi connectivity index (χ1) is 8.11. The molecule has 0 saturated heterocycles. The molecular weight excluding hydrogens is 221 g/mol. The van der Waals surface area contributed by atoms with E-state index in [-0.39, 0.29) is 5.82 Å². The number of rotatable bonds is 3. The number of hydrogen-bond donors (Lipinski definition) is 1. The third-order valence-electron chi connectivity index (χ3n) is 2.35. The number of pyridine rings is 1. The summed E-state index contributed by atoms with van der Waals surface area (Å²) in [7, 11) is 1.80. The lowest BCUT2D eigenvalue weighted by Crippen LogP contribution is -2.12. The molecule has 5 nitrogen and oxygen atoms in total. The van der Waals surface area contributed by atoms with Gasteiger partial charge in [-0.05, 0) is 27.0 Å². The Bertz CT molecular complexity index is 535. The van der Waals surface area contributed by atoms with Gasteiger partial charge in [-0.15, -0.1) is 5.10 Å². The van der Waals surface area contributed by atoms with Crippen LogP contribution in [0.5, 0.6) is 0 Å². The molecule has 0 aromatic carbocycles. The highest BCUT2D eigenvalue weighted by Crippen LogP contribution is 2.14. The van der Waals surface area contributed by atoms with Crippen LogP contribution in [-0.4, -0.2) is 26.8 Å². The molecule has 0 unspecified atom stereocenters. The predicted molar refractivity (Wildman–Crippen MR) is 61.3 cm³/mol. The van der Waals surface area contributed by atoms with Gasteiger partial charge < -0.3 is 5.32 Å². The standard InChI is InChI=1S/C11H14FN5/c1-7-15-8(2)17(16-7)11-9(5-13-3)4-10(12)6-14-11/h4,6,13H,5H2,1-3H3. The molecule has 2 aromatic heterocycles. The van der Waals surface area contributed by atoms with Crippen LogP contribution < -0.4 is 5.32 Å². The van der Waals surface area contributed by atoms with Crippen LogP contribution in [0.2, 0.25) is 0 Å². The maximum absolute atomic E-state index is 13.2. The Balaban J connectivity index is 2.54. The Hall–Kier alpha value is -1.82. The van der Waals surface area contributed by atoms with Gasteiger partial charge in [0.2, 0.25) is 0 Å². The number of aromatic nitrogens is 4. The van der Waals surface area contributed by atoms with Crippen molar-refractivity contribution in [2.24, 2.45) is 0 Å². The van der Waals surface area contributed by atoms with Gasteiger partial charge in [0.15, 0.2) is 5.82 Å². The van der Waals surface area contributed by atoms with Crippen LogP contribution in [0.4, 0.5) is 4.39 Å². The molecule has 0 fully saturated rings. The quantitative estimate of drug-likeness (QED) is 0.866. The van der Waals surface area contributed by atoms with E-state index in [1.165, 1.54) is 12.3 Å². The molecule has 0 aliphatic rings.